The zero-order valence-corrected chi connectivity index (χ0v) is 18.9. The van der Waals surface area contributed by atoms with E-state index in [0.717, 1.165) is 10.8 Å². The molecule has 9 nitrogen and oxygen atoms in total. The van der Waals surface area contributed by atoms with E-state index in [0.29, 0.717) is 0 Å². The monoisotopic (exact) mass is 438 g/mol. The second kappa shape index (κ2) is 11.4. The van der Waals surface area contributed by atoms with Crippen LogP contribution in [0.2, 0.25) is 0 Å². The number of ether oxygens (including phenoxy) is 2. The minimum Gasteiger partial charge on any atom is -0.480 e. The summed E-state index contributed by atoms with van der Waals surface area (Å²) in [6, 6.07) is -1.92. The van der Waals surface area contributed by atoms with Crippen LogP contribution in [0.1, 0.15) is 48.5 Å². The predicted molar refractivity (Wildman–Crippen MR) is 110 cm³/mol. The lowest BCUT2D eigenvalue weighted by atomic mass is 10.2. The number of hydrogen-bond donors (Lipinski definition) is 3. The van der Waals surface area contributed by atoms with Crippen LogP contribution < -0.4 is 10.6 Å². The summed E-state index contributed by atoms with van der Waals surface area (Å²) in [7, 11) is 2.36. The highest BCUT2D eigenvalue weighted by molar-refractivity contribution is 8.76. The van der Waals surface area contributed by atoms with Gasteiger partial charge >= 0.3 is 18.2 Å². The number of ketones is 1. The van der Waals surface area contributed by atoms with Crippen LogP contribution in [0.5, 0.6) is 0 Å². The van der Waals surface area contributed by atoms with E-state index >= 15 is 0 Å². The number of amides is 2. The third-order valence-corrected chi connectivity index (χ3v) is 5.15. The SMILES string of the molecule is CC(=O)C(CSSCC(NC(=O)OC(C)(C)C)C(=O)O)NC(=O)OC(C)(C)C. The summed E-state index contributed by atoms with van der Waals surface area (Å²) in [5.41, 5.74) is -1.42. The highest BCUT2D eigenvalue weighted by atomic mass is 33.1. The molecule has 0 aliphatic heterocycles. The lowest BCUT2D eigenvalue weighted by Gasteiger charge is -2.23. The van der Waals surface area contributed by atoms with Crippen LogP contribution in [0.25, 0.3) is 0 Å². The van der Waals surface area contributed by atoms with Gasteiger partial charge in [-0.25, -0.2) is 14.4 Å². The molecule has 0 saturated carbocycles. The third kappa shape index (κ3) is 13.5. The molecule has 28 heavy (non-hydrogen) atoms. The standard InChI is InChI=1S/C17H30N2O7S2/c1-10(20)11(18-14(23)25-16(2,3)4)8-27-28-9-12(13(21)22)19-15(24)26-17(5,6)7/h11-12H,8-9H2,1-7H3,(H,18,23)(H,19,24)(H,21,22). The van der Waals surface area contributed by atoms with Crippen molar-refractivity contribution >= 4 is 45.5 Å². The Bertz CT molecular complexity index is 521. The van der Waals surface area contributed by atoms with Crippen molar-refractivity contribution in [3.63, 3.8) is 0 Å². The van der Waals surface area contributed by atoms with Gasteiger partial charge in [-0.05, 0) is 48.5 Å². The fraction of sp³-hybridized carbons (Fsp3) is 0.765. The van der Waals surface area contributed by atoms with Crippen molar-refractivity contribution in [3.05, 3.63) is 0 Å². The smallest absolute Gasteiger partial charge is 0.408 e. The first-order valence-corrected chi connectivity index (χ1v) is 11.1. The van der Waals surface area contributed by atoms with Crippen molar-refractivity contribution in [2.45, 2.75) is 71.8 Å². The molecule has 0 aromatic carbocycles. The molecule has 0 spiro atoms. The molecule has 0 aliphatic rings. The largest absolute Gasteiger partial charge is 0.480 e. The zero-order chi connectivity index (χ0) is 22.1. The number of rotatable bonds is 9. The number of carboxylic acids is 1. The number of Topliss-reactive ketones (excluding diaryl/α,β-unsaturated/α-hetero) is 1. The lowest BCUT2D eigenvalue weighted by molar-refractivity contribution is -0.138. The molecule has 2 unspecified atom stereocenters. The highest BCUT2D eigenvalue weighted by Gasteiger charge is 2.25. The van der Waals surface area contributed by atoms with E-state index in [1.165, 1.54) is 17.7 Å². The van der Waals surface area contributed by atoms with Crippen LogP contribution >= 0.6 is 21.6 Å². The van der Waals surface area contributed by atoms with Crippen molar-refractivity contribution in [1.29, 1.82) is 0 Å². The molecule has 162 valence electrons. The Morgan fingerprint density at radius 1 is 0.821 bits per heavy atom. The summed E-state index contributed by atoms with van der Waals surface area (Å²) in [4.78, 5) is 46.5. The third-order valence-electron chi connectivity index (χ3n) is 2.72. The normalized spacial score (nSPS) is 13.8. The molecule has 11 heteroatoms. The summed E-state index contributed by atoms with van der Waals surface area (Å²) in [5, 5.41) is 14.0. The fourth-order valence-corrected chi connectivity index (χ4v) is 3.97. The second-order valence-electron chi connectivity index (χ2n) is 7.92. The molecular weight excluding hydrogens is 408 g/mol. The first kappa shape index (κ1) is 26.4. The van der Waals surface area contributed by atoms with Crippen LogP contribution in [0.15, 0.2) is 0 Å². The number of carbonyl (C=O) groups is 4. The molecule has 0 aliphatic carbocycles. The van der Waals surface area contributed by atoms with Crippen LogP contribution in [0, 0.1) is 0 Å². The van der Waals surface area contributed by atoms with Gasteiger partial charge in [-0.2, -0.15) is 0 Å². The van der Waals surface area contributed by atoms with Gasteiger partial charge in [0.05, 0.1) is 0 Å². The van der Waals surface area contributed by atoms with Gasteiger partial charge in [0.25, 0.3) is 0 Å². The van der Waals surface area contributed by atoms with Crippen LogP contribution in [0.3, 0.4) is 0 Å². The molecule has 0 aromatic heterocycles. The quantitative estimate of drug-likeness (QED) is 0.367. The molecule has 0 rings (SSSR count). The zero-order valence-electron chi connectivity index (χ0n) is 17.3. The molecule has 3 N–H and O–H groups in total. The van der Waals surface area contributed by atoms with Gasteiger partial charge in [0, 0.05) is 11.5 Å². The number of nitrogens with one attached hydrogen (secondary N) is 2. The lowest BCUT2D eigenvalue weighted by Crippen LogP contribution is -2.45. The molecule has 0 radical (unpaired) electrons. The minimum absolute atomic E-state index is 0.0519. The van der Waals surface area contributed by atoms with Crippen LogP contribution in [-0.4, -0.2) is 63.8 Å². The maximum Gasteiger partial charge on any atom is 0.408 e. The summed E-state index contributed by atoms with van der Waals surface area (Å²) in [6.45, 7) is 11.5. The number of hydrogen-bond acceptors (Lipinski definition) is 8. The van der Waals surface area contributed by atoms with E-state index in [-0.39, 0.29) is 17.3 Å². The second-order valence-corrected chi connectivity index (χ2v) is 10.5. The highest BCUT2D eigenvalue weighted by Crippen LogP contribution is 2.23. The van der Waals surface area contributed by atoms with E-state index in [9.17, 15) is 24.3 Å². The Hall–Kier alpha value is -1.62. The fourth-order valence-electron chi connectivity index (χ4n) is 1.57. The average Bonchev–Trinajstić information content (AvgIpc) is 2.44. The summed E-state index contributed by atoms with van der Waals surface area (Å²) in [6.07, 6.45) is -1.52. The van der Waals surface area contributed by atoms with E-state index < -0.39 is 41.4 Å². The molecule has 0 saturated heterocycles. The molecule has 0 bridgehead atoms. The van der Waals surface area contributed by atoms with Gasteiger partial charge in [0.2, 0.25) is 0 Å². The minimum atomic E-state index is -1.20. The van der Waals surface area contributed by atoms with Gasteiger partial charge in [-0.15, -0.1) is 0 Å². The summed E-state index contributed by atoms with van der Waals surface area (Å²) >= 11 is 0. The average molecular weight is 439 g/mol. The van der Waals surface area contributed by atoms with Gasteiger partial charge in [0.15, 0.2) is 5.78 Å². The van der Waals surface area contributed by atoms with E-state index in [2.05, 4.69) is 10.6 Å². The molecule has 2 amide bonds. The van der Waals surface area contributed by atoms with Crippen molar-refractivity contribution in [3.8, 4) is 0 Å². The van der Waals surface area contributed by atoms with Gasteiger partial charge in [0.1, 0.15) is 23.3 Å². The number of alkyl carbamates (subject to hydrolysis) is 2. The van der Waals surface area contributed by atoms with Crippen molar-refractivity contribution in [1.82, 2.24) is 10.6 Å². The molecule has 0 aromatic rings. The number of aliphatic carboxylic acids is 1. The van der Waals surface area contributed by atoms with Crippen LogP contribution in [-0.2, 0) is 19.1 Å². The van der Waals surface area contributed by atoms with Gasteiger partial charge in [-0.1, -0.05) is 21.6 Å². The molecular formula is C17H30N2O7S2. The van der Waals surface area contributed by atoms with Gasteiger partial charge < -0.3 is 25.2 Å². The van der Waals surface area contributed by atoms with E-state index in [4.69, 9.17) is 9.47 Å². The molecule has 2 atom stereocenters. The maximum absolute atomic E-state index is 11.8. The van der Waals surface area contributed by atoms with Crippen molar-refractivity contribution < 1.29 is 33.8 Å². The summed E-state index contributed by atoms with van der Waals surface area (Å²) < 4.78 is 10.2. The molecule has 0 fully saturated rings. The predicted octanol–water partition coefficient (Wildman–Crippen LogP) is 2.83. The Labute approximate surface area is 173 Å². The maximum atomic E-state index is 11.8. The molecule has 0 heterocycles. The summed E-state index contributed by atoms with van der Waals surface area (Å²) in [5.74, 6) is -1.18. The Morgan fingerprint density at radius 3 is 1.50 bits per heavy atom. The van der Waals surface area contributed by atoms with Crippen molar-refractivity contribution in [2.24, 2.45) is 0 Å². The Morgan fingerprint density at radius 2 is 1.18 bits per heavy atom. The van der Waals surface area contributed by atoms with Crippen molar-refractivity contribution in [2.75, 3.05) is 11.5 Å². The van der Waals surface area contributed by atoms with Gasteiger partial charge in [-0.3, -0.25) is 4.79 Å². The Kier molecular flexibility index (Phi) is 10.7. The van der Waals surface area contributed by atoms with E-state index in [1.54, 1.807) is 41.5 Å². The van der Waals surface area contributed by atoms with Crippen LogP contribution in [0.4, 0.5) is 9.59 Å². The number of carbonyl (C=O) groups excluding carboxylic acids is 3. The van der Waals surface area contributed by atoms with E-state index in [1.807, 2.05) is 0 Å². The first-order valence-electron chi connectivity index (χ1n) is 8.57. The topological polar surface area (TPSA) is 131 Å². The Balaban J connectivity index is 4.51. The number of carboxylic acid groups (broad SMARTS) is 1. The first-order chi connectivity index (χ1) is 12.6.